The van der Waals surface area contributed by atoms with Gasteiger partial charge in [-0.15, -0.1) is 0 Å². The van der Waals surface area contributed by atoms with Crippen molar-refractivity contribution in [1.29, 1.82) is 0 Å². The molecule has 0 aromatic heterocycles. The van der Waals surface area contributed by atoms with Crippen LogP contribution >= 0.6 is 0 Å². The molecule has 0 amide bonds. The Morgan fingerprint density at radius 2 is 2.00 bits per heavy atom. The van der Waals surface area contributed by atoms with E-state index in [1.54, 1.807) is 0 Å². The molecule has 5 heteroatoms. The van der Waals surface area contributed by atoms with E-state index in [0.717, 1.165) is 13.1 Å². The molecule has 0 saturated carbocycles. The average molecular weight is 234 g/mol. The fourth-order valence-corrected chi connectivity index (χ4v) is 4.12. The smallest absolute Gasteiger partial charge is 0.153 e. The van der Waals surface area contributed by atoms with Crippen LogP contribution in [0.15, 0.2) is 0 Å². The van der Waals surface area contributed by atoms with E-state index in [0.29, 0.717) is 5.92 Å². The molecular weight excluding hydrogens is 212 g/mol. The van der Waals surface area contributed by atoms with Gasteiger partial charge in [-0.1, -0.05) is 20.8 Å². The maximum Gasteiger partial charge on any atom is 0.153 e. The molecule has 1 saturated heterocycles. The Morgan fingerprint density at radius 3 is 2.33 bits per heavy atom. The minimum Gasteiger partial charge on any atom is -0.325 e. The van der Waals surface area contributed by atoms with Crippen LogP contribution in [0.25, 0.3) is 0 Å². The highest BCUT2D eigenvalue weighted by Crippen LogP contribution is 2.17. The Hall–Kier alpha value is -0.130. The molecule has 1 heterocycles. The lowest BCUT2D eigenvalue weighted by Gasteiger charge is -2.30. The number of hydrogen-bond acceptors (Lipinski definition) is 4. The lowest BCUT2D eigenvalue weighted by Crippen LogP contribution is -2.48. The first kappa shape index (κ1) is 12.9. The van der Waals surface area contributed by atoms with Gasteiger partial charge in [-0.2, -0.15) is 0 Å². The van der Waals surface area contributed by atoms with Gasteiger partial charge in [0.1, 0.15) is 0 Å². The molecule has 0 bridgehead atoms. The predicted molar refractivity (Wildman–Crippen MR) is 62.5 cm³/mol. The van der Waals surface area contributed by atoms with Gasteiger partial charge in [0.2, 0.25) is 0 Å². The van der Waals surface area contributed by atoms with Crippen LogP contribution in [0.2, 0.25) is 0 Å². The highest BCUT2D eigenvalue weighted by Gasteiger charge is 2.38. The molecule has 2 atom stereocenters. The summed E-state index contributed by atoms with van der Waals surface area (Å²) >= 11 is 0. The van der Waals surface area contributed by atoms with Crippen LogP contribution in [0.3, 0.4) is 0 Å². The molecule has 1 aliphatic heterocycles. The molecule has 4 nitrogen and oxygen atoms in total. The van der Waals surface area contributed by atoms with E-state index in [-0.39, 0.29) is 23.6 Å². The third-order valence-electron chi connectivity index (χ3n) is 2.84. The van der Waals surface area contributed by atoms with Crippen molar-refractivity contribution in [2.45, 2.75) is 32.9 Å². The molecule has 2 N–H and O–H groups in total. The number of rotatable bonds is 4. The van der Waals surface area contributed by atoms with Crippen molar-refractivity contribution in [3.05, 3.63) is 0 Å². The van der Waals surface area contributed by atoms with Crippen LogP contribution in [0.1, 0.15) is 20.8 Å². The summed E-state index contributed by atoms with van der Waals surface area (Å²) in [6, 6.07) is -0.198. The molecule has 15 heavy (non-hydrogen) atoms. The van der Waals surface area contributed by atoms with Crippen molar-refractivity contribution >= 4 is 9.84 Å². The number of likely N-dealkylation sites (N-methyl/N-ethyl adjacent to an activating group) is 1. The van der Waals surface area contributed by atoms with Crippen molar-refractivity contribution in [2.24, 2.45) is 11.7 Å². The summed E-state index contributed by atoms with van der Waals surface area (Å²) < 4.78 is 22.9. The normalized spacial score (nSPS) is 30.3. The quantitative estimate of drug-likeness (QED) is 0.749. The van der Waals surface area contributed by atoms with E-state index in [2.05, 4.69) is 25.7 Å². The van der Waals surface area contributed by atoms with Crippen LogP contribution in [-0.4, -0.2) is 50.0 Å². The Labute approximate surface area is 92.7 Å². The van der Waals surface area contributed by atoms with Crippen molar-refractivity contribution in [3.8, 4) is 0 Å². The lowest BCUT2D eigenvalue weighted by atomic mass is 10.1. The van der Waals surface area contributed by atoms with E-state index in [1.807, 2.05) is 0 Å². The zero-order chi connectivity index (χ0) is 11.6. The fourth-order valence-electron chi connectivity index (χ4n) is 2.20. The SMILES string of the molecule is CCN(CC(C)C)C1CS(=O)(=O)CC1N. The molecule has 0 aromatic rings. The maximum absolute atomic E-state index is 11.5. The van der Waals surface area contributed by atoms with Gasteiger partial charge >= 0.3 is 0 Å². The van der Waals surface area contributed by atoms with Gasteiger partial charge in [0.05, 0.1) is 11.5 Å². The van der Waals surface area contributed by atoms with E-state index in [1.165, 1.54) is 0 Å². The standard InChI is InChI=1S/C10H22N2O2S/c1-4-12(5-8(2)3)10-7-15(13,14)6-9(10)11/h8-10H,4-7,11H2,1-3H3. The van der Waals surface area contributed by atoms with Gasteiger partial charge in [-0.3, -0.25) is 4.90 Å². The summed E-state index contributed by atoms with van der Waals surface area (Å²) in [7, 11) is -2.90. The molecular formula is C10H22N2O2S. The predicted octanol–water partition coefficient (Wildman–Crippen LogP) is 0.0886. The van der Waals surface area contributed by atoms with Crippen molar-refractivity contribution < 1.29 is 8.42 Å². The molecule has 1 fully saturated rings. The first-order valence-electron chi connectivity index (χ1n) is 5.55. The highest BCUT2D eigenvalue weighted by atomic mass is 32.2. The fraction of sp³-hybridized carbons (Fsp3) is 1.00. The Balaban J connectivity index is 2.69. The van der Waals surface area contributed by atoms with Crippen LogP contribution in [-0.2, 0) is 9.84 Å². The number of nitrogens with two attached hydrogens (primary N) is 1. The van der Waals surface area contributed by atoms with E-state index in [4.69, 9.17) is 5.73 Å². The van der Waals surface area contributed by atoms with Gasteiger partial charge in [-0.25, -0.2) is 8.42 Å². The third-order valence-corrected chi connectivity index (χ3v) is 4.58. The van der Waals surface area contributed by atoms with Crippen LogP contribution < -0.4 is 5.73 Å². The summed E-state index contributed by atoms with van der Waals surface area (Å²) in [5.41, 5.74) is 5.89. The molecule has 2 unspecified atom stereocenters. The van der Waals surface area contributed by atoms with Crippen LogP contribution in [0, 0.1) is 5.92 Å². The molecule has 0 aliphatic carbocycles. The highest BCUT2D eigenvalue weighted by molar-refractivity contribution is 7.91. The minimum absolute atomic E-state index is 0.0161. The van der Waals surface area contributed by atoms with Gasteiger partial charge < -0.3 is 5.73 Å². The summed E-state index contributed by atoms with van der Waals surface area (Å²) in [5.74, 6) is 0.918. The van der Waals surface area contributed by atoms with E-state index in [9.17, 15) is 8.42 Å². The Morgan fingerprint density at radius 1 is 1.40 bits per heavy atom. The van der Waals surface area contributed by atoms with Crippen molar-refractivity contribution in [3.63, 3.8) is 0 Å². The van der Waals surface area contributed by atoms with Gasteiger partial charge in [0, 0.05) is 18.6 Å². The maximum atomic E-state index is 11.5. The topological polar surface area (TPSA) is 63.4 Å². The molecule has 1 rings (SSSR count). The van der Waals surface area contributed by atoms with E-state index >= 15 is 0 Å². The Kier molecular flexibility index (Phi) is 4.14. The number of sulfone groups is 1. The second kappa shape index (κ2) is 4.80. The summed E-state index contributed by atoms with van der Waals surface area (Å²) in [6.07, 6.45) is 0. The summed E-state index contributed by atoms with van der Waals surface area (Å²) in [5, 5.41) is 0. The summed E-state index contributed by atoms with van der Waals surface area (Å²) in [4.78, 5) is 2.19. The molecule has 0 spiro atoms. The van der Waals surface area contributed by atoms with E-state index < -0.39 is 9.84 Å². The number of hydrogen-bond donors (Lipinski definition) is 1. The van der Waals surface area contributed by atoms with Crippen LogP contribution in [0.4, 0.5) is 0 Å². The van der Waals surface area contributed by atoms with Crippen molar-refractivity contribution in [1.82, 2.24) is 4.90 Å². The third kappa shape index (κ3) is 3.43. The molecule has 1 aliphatic rings. The van der Waals surface area contributed by atoms with Crippen molar-refractivity contribution in [2.75, 3.05) is 24.6 Å². The Bertz CT molecular complexity index is 301. The van der Waals surface area contributed by atoms with Gasteiger partial charge in [0.25, 0.3) is 0 Å². The summed E-state index contributed by atoms with van der Waals surface area (Å²) in [6.45, 7) is 8.12. The van der Waals surface area contributed by atoms with Gasteiger partial charge in [0.15, 0.2) is 9.84 Å². The monoisotopic (exact) mass is 234 g/mol. The molecule has 0 aromatic carbocycles. The molecule has 90 valence electrons. The first-order valence-corrected chi connectivity index (χ1v) is 7.38. The minimum atomic E-state index is -2.90. The zero-order valence-electron chi connectivity index (χ0n) is 9.81. The second-order valence-electron chi connectivity index (χ2n) is 4.79. The van der Waals surface area contributed by atoms with Gasteiger partial charge in [-0.05, 0) is 12.5 Å². The molecule has 0 radical (unpaired) electrons. The largest absolute Gasteiger partial charge is 0.325 e. The zero-order valence-corrected chi connectivity index (χ0v) is 10.6. The number of nitrogens with zero attached hydrogens (tertiary/aromatic N) is 1. The first-order chi connectivity index (χ1) is 6.85. The lowest BCUT2D eigenvalue weighted by molar-refractivity contribution is 0.187. The van der Waals surface area contributed by atoms with Crippen LogP contribution in [0.5, 0.6) is 0 Å². The second-order valence-corrected chi connectivity index (χ2v) is 6.94. The average Bonchev–Trinajstić information content (AvgIpc) is 2.35.